The molecule has 0 radical (unpaired) electrons. The number of rotatable bonds is 4. The van der Waals surface area contributed by atoms with Gasteiger partial charge in [0.25, 0.3) is 0 Å². The van der Waals surface area contributed by atoms with Crippen LogP contribution in [0, 0.1) is 0 Å². The van der Waals surface area contributed by atoms with Gasteiger partial charge in [-0.15, -0.1) is 11.3 Å². The highest BCUT2D eigenvalue weighted by atomic mass is 32.1. The van der Waals surface area contributed by atoms with E-state index in [2.05, 4.69) is 29.2 Å². The SMILES string of the molecule is c1ccc(N(c2ccccc2)c2nc(-c3ccco3)cs2)cc1. The Hall–Kier alpha value is -2.85. The van der Waals surface area contributed by atoms with Crippen LogP contribution >= 0.6 is 11.3 Å². The van der Waals surface area contributed by atoms with E-state index in [1.165, 1.54) is 0 Å². The summed E-state index contributed by atoms with van der Waals surface area (Å²) in [6.07, 6.45) is 1.67. The van der Waals surface area contributed by atoms with Crippen molar-refractivity contribution in [3.05, 3.63) is 84.4 Å². The van der Waals surface area contributed by atoms with Crippen LogP contribution in [-0.2, 0) is 0 Å². The standard InChI is InChI=1S/C19H14N2OS/c1-3-8-15(9-4-1)21(16-10-5-2-6-11-16)19-20-17(14-23-19)18-12-7-13-22-18/h1-14H. The third-order valence-corrected chi connectivity index (χ3v) is 4.31. The molecule has 0 amide bonds. The van der Waals surface area contributed by atoms with Gasteiger partial charge in [-0.25, -0.2) is 4.98 Å². The Bertz CT molecular complexity index is 831. The molecule has 112 valence electrons. The monoisotopic (exact) mass is 318 g/mol. The van der Waals surface area contributed by atoms with E-state index in [9.17, 15) is 0 Å². The normalized spacial score (nSPS) is 10.6. The minimum absolute atomic E-state index is 0.786. The molecule has 0 N–H and O–H groups in total. The van der Waals surface area contributed by atoms with Crippen LogP contribution in [0.3, 0.4) is 0 Å². The second-order valence-electron chi connectivity index (χ2n) is 5.00. The first-order chi connectivity index (χ1) is 11.4. The van der Waals surface area contributed by atoms with E-state index >= 15 is 0 Å². The number of hydrogen-bond acceptors (Lipinski definition) is 4. The Balaban J connectivity index is 1.80. The van der Waals surface area contributed by atoms with Gasteiger partial charge in [0.1, 0.15) is 5.69 Å². The lowest BCUT2D eigenvalue weighted by molar-refractivity contribution is 0.580. The molecule has 4 aromatic rings. The number of furan rings is 1. The van der Waals surface area contributed by atoms with E-state index in [1.54, 1.807) is 17.6 Å². The minimum Gasteiger partial charge on any atom is -0.463 e. The molecular formula is C19H14N2OS. The van der Waals surface area contributed by atoms with E-state index in [0.29, 0.717) is 0 Å². The van der Waals surface area contributed by atoms with Gasteiger partial charge in [-0.2, -0.15) is 0 Å². The van der Waals surface area contributed by atoms with E-state index in [4.69, 9.17) is 9.40 Å². The molecule has 0 fully saturated rings. The smallest absolute Gasteiger partial charge is 0.195 e. The maximum atomic E-state index is 5.45. The van der Waals surface area contributed by atoms with Gasteiger partial charge >= 0.3 is 0 Å². The van der Waals surface area contributed by atoms with Crippen LogP contribution in [0.25, 0.3) is 11.5 Å². The second-order valence-corrected chi connectivity index (χ2v) is 5.84. The van der Waals surface area contributed by atoms with Crippen LogP contribution in [0.15, 0.2) is 88.9 Å². The van der Waals surface area contributed by atoms with Crippen molar-refractivity contribution in [2.24, 2.45) is 0 Å². The van der Waals surface area contributed by atoms with Gasteiger partial charge in [0.15, 0.2) is 10.9 Å². The van der Waals surface area contributed by atoms with Crippen LogP contribution in [0.4, 0.5) is 16.5 Å². The molecule has 23 heavy (non-hydrogen) atoms. The number of hydrogen-bond donors (Lipinski definition) is 0. The first-order valence-electron chi connectivity index (χ1n) is 7.31. The van der Waals surface area contributed by atoms with Gasteiger partial charge in [0.2, 0.25) is 0 Å². The maximum absolute atomic E-state index is 5.45. The zero-order valence-electron chi connectivity index (χ0n) is 12.3. The first kappa shape index (κ1) is 13.8. The van der Waals surface area contributed by atoms with Gasteiger partial charge in [0, 0.05) is 16.8 Å². The van der Waals surface area contributed by atoms with Crippen molar-refractivity contribution in [3.8, 4) is 11.5 Å². The van der Waals surface area contributed by atoms with Crippen molar-refractivity contribution in [1.82, 2.24) is 4.98 Å². The summed E-state index contributed by atoms with van der Waals surface area (Å²) in [7, 11) is 0. The predicted octanol–water partition coefficient (Wildman–Crippen LogP) is 5.87. The maximum Gasteiger partial charge on any atom is 0.195 e. The third kappa shape index (κ3) is 2.76. The van der Waals surface area contributed by atoms with E-state index < -0.39 is 0 Å². The van der Waals surface area contributed by atoms with Crippen LogP contribution in [0.5, 0.6) is 0 Å². The molecule has 0 bridgehead atoms. The third-order valence-electron chi connectivity index (χ3n) is 3.49. The predicted molar refractivity (Wildman–Crippen MR) is 94.5 cm³/mol. The molecule has 2 aromatic heterocycles. The molecule has 0 saturated carbocycles. The first-order valence-corrected chi connectivity index (χ1v) is 8.19. The van der Waals surface area contributed by atoms with Crippen LogP contribution in [-0.4, -0.2) is 4.98 Å². The molecule has 4 heteroatoms. The quantitative estimate of drug-likeness (QED) is 0.471. The topological polar surface area (TPSA) is 29.3 Å². The van der Waals surface area contributed by atoms with Gasteiger partial charge < -0.3 is 4.42 Å². The van der Waals surface area contributed by atoms with Gasteiger partial charge in [-0.3, -0.25) is 4.90 Å². The van der Waals surface area contributed by atoms with Crippen molar-refractivity contribution in [2.75, 3.05) is 4.90 Å². The molecule has 0 aliphatic carbocycles. The van der Waals surface area contributed by atoms with Crippen molar-refractivity contribution in [1.29, 1.82) is 0 Å². The fraction of sp³-hybridized carbons (Fsp3) is 0. The summed E-state index contributed by atoms with van der Waals surface area (Å²) in [4.78, 5) is 6.91. The molecule has 3 nitrogen and oxygen atoms in total. The number of thiazole rings is 1. The van der Waals surface area contributed by atoms with Gasteiger partial charge in [0.05, 0.1) is 6.26 Å². The average molecular weight is 318 g/mol. The van der Waals surface area contributed by atoms with Crippen molar-refractivity contribution in [3.63, 3.8) is 0 Å². The summed E-state index contributed by atoms with van der Waals surface area (Å²) in [6, 6.07) is 24.3. The van der Waals surface area contributed by atoms with E-state index in [-0.39, 0.29) is 0 Å². The average Bonchev–Trinajstić information content (AvgIpc) is 3.29. The fourth-order valence-electron chi connectivity index (χ4n) is 2.43. The van der Waals surface area contributed by atoms with Crippen LogP contribution in [0.1, 0.15) is 0 Å². The molecular weight excluding hydrogens is 304 g/mol. The zero-order chi connectivity index (χ0) is 15.5. The molecule has 2 aromatic carbocycles. The number of benzene rings is 2. The number of anilines is 3. The highest BCUT2D eigenvalue weighted by Gasteiger charge is 2.16. The Morgan fingerprint density at radius 1 is 0.783 bits per heavy atom. The molecule has 0 unspecified atom stereocenters. The Morgan fingerprint density at radius 3 is 2.00 bits per heavy atom. The molecule has 4 rings (SSSR count). The lowest BCUT2D eigenvalue weighted by Gasteiger charge is -2.22. The van der Waals surface area contributed by atoms with Crippen molar-refractivity contribution >= 4 is 27.8 Å². The summed E-state index contributed by atoms with van der Waals surface area (Å²) in [5.74, 6) is 0.786. The summed E-state index contributed by atoms with van der Waals surface area (Å²) in [6.45, 7) is 0. The molecule has 2 heterocycles. The Labute approximate surface area is 138 Å². The number of aromatic nitrogens is 1. The highest BCUT2D eigenvalue weighted by molar-refractivity contribution is 7.14. The largest absolute Gasteiger partial charge is 0.463 e. The molecule has 0 aliphatic heterocycles. The van der Waals surface area contributed by atoms with E-state index in [1.807, 2.05) is 53.9 Å². The van der Waals surface area contributed by atoms with E-state index in [0.717, 1.165) is 28.0 Å². The second kappa shape index (κ2) is 6.10. The summed E-state index contributed by atoms with van der Waals surface area (Å²) >= 11 is 1.60. The summed E-state index contributed by atoms with van der Waals surface area (Å²) in [5, 5.41) is 2.93. The lowest BCUT2D eigenvalue weighted by Crippen LogP contribution is -2.09. The molecule has 0 aliphatic rings. The minimum atomic E-state index is 0.786. The zero-order valence-corrected chi connectivity index (χ0v) is 13.1. The molecule has 0 saturated heterocycles. The van der Waals surface area contributed by atoms with Gasteiger partial charge in [-0.1, -0.05) is 36.4 Å². The molecule has 0 atom stereocenters. The van der Waals surface area contributed by atoms with Crippen LogP contribution in [0.2, 0.25) is 0 Å². The van der Waals surface area contributed by atoms with Crippen LogP contribution < -0.4 is 4.90 Å². The number of para-hydroxylation sites is 2. The van der Waals surface area contributed by atoms with Gasteiger partial charge in [-0.05, 0) is 36.4 Å². The Kier molecular flexibility index (Phi) is 3.66. The lowest BCUT2D eigenvalue weighted by atomic mass is 10.2. The Morgan fingerprint density at radius 2 is 1.43 bits per heavy atom. The highest BCUT2D eigenvalue weighted by Crippen LogP contribution is 2.37. The van der Waals surface area contributed by atoms with Crippen molar-refractivity contribution < 1.29 is 4.42 Å². The van der Waals surface area contributed by atoms with Crippen molar-refractivity contribution in [2.45, 2.75) is 0 Å². The fourth-order valence-corrected chi connectivity index (χ4v) is 3.28. The summed E-state index contributed by atoms with van der Waals surface area (Å²) < 4.78 is 5.45. The molecule has 0 spiro atoms. The number of nitrogens with zero attached hydrogens (tertiary/aromatic N) is 2. The summed E-state index contributed by atoms with van der Waals surface area (Å²) in [5.41, 5.74) is 3.02.